The maximum absolute atomic E-state index is 13.4. The number of esters is 1. The molecule has 2 heterocycles. The van der Waals surface area contributed by atoms with Crippen molar-refractivity contribution < 1.29 is 9.53 Å². The van der Waals surface area contributed by atoms with Gasteiger partial charge in [0.05, 0.1) is 12.5 Å². The number of nitrogens with zero attached hydrogens (tertiary/aromatic N) is 2. The molecular weight excluding hydrogens is 396 g/mol. The largest absolute Gasteiger partial charge is 0.467 e. The third kappa shape index (κ3) is 3.21. The number of carbonyl (C=O) groups excluding carboxylic acids is 1. The Morgan fingerprint density at radius 3 is 2.54 bits per heavy atom. The van der Waals surface area contributed by atoms with Crippen molar-refractivity contribution in [1.82, 2.24) is 9.55 Å². The summed E-state index contributed by atoms with van der Waals surface area (Å²) in [6, 6.07) is 15.4. The molecule has 0 spiro atoms. The van der Waals surface area contributed by atoms with E-state index in [1.807, 2.05) is 35.7 Å². The van der Waals surface area contributed by atoms with Gasteiger partial charge in [0, 0.05) is 16.0 Å². The standard InChI is InChI=1S/C21H15ClN2O3S/c1-27-21(26)18(14-5-3-2-4-6-14)24-12-23-19-17(20(24)25)16(11-28-19)13-7-9-15(22)10-8-13/h2-12,18H,1H3. The Morgan fingerprint density at radius 2 is 1.86 bits per heavy atom. The molecule has 0 saturated carbocycles. The summed E-state index contributed by atoms with van der Waals surface area (Å²) in [6.45, 7) is 0. The summed E-state index contributed by atoms with van der Waals surface area (Å²) in [5, 5.41) is 2.98. The fourth-order valence-electron chi connectivity index (χ4n) is 3.13. The van der Waals surface area contributed by atoms with E-state index < -0.39 is 12.0 Å². The predicted octanol–water partition coefficient (Wildman–Crippen LogP) is 4.54. The number of thiophene rings is 1. The van der Waals surface area contributed by atoms with Crippen LogP contribution < -0.4 is 5.56 Å². The van der Waals surface area contributed by atoms with Gasteiger partial charge in [-0.3, -0.25) is 9.36 Å². The number of methoxy groups -OCH3 is 1. The van der Waals surface area contributed by atoms with Crippen molar-refractivity contribution in [2.75, 3.05) is 7.11 Å². The van der Waals surface area contributed by atoms with Crippen LogP contribution in [0.3, 0.4) is 0 Å². The molecule has 0 radical (unpaired) electrons. The number of rotatable bonds is 4. The molecule has 0 aliphatic rings. The minimum atomic E-state index is -0.909. The molecule has 1 atom stereocenters. The van der Waals surface area contributed by atoms with Crippen LogP contribution in [0, 0.1) is 0 Å². The molecular formula is C21H15ClN2O3S. The Hall–Kier alpha value is -2.96. The Labute approximate surface area is 169 Å². The van der Waals surface area contributed by atoms with E-state index >= 15 is 0 Å². The lowest BCUT2D eigenvalue weighted by Crippen LogP contribution is -2.31. The second kappa shape index (κ2) is 7.58. The van der Waals surface area contributed by atoms with Crippen LogP contribution in [-0.2, 0) is 9.53 Å². The average Bonchev–Trinajstić information content (AvgIpc) is 3.16. The quantitative estimate of drug-likeness (QED) is 0.463. The zero-order chi connectivity index (χ0) is 19.7. The van der Waals surface area contributed by atoms with Crippen LogP contribution in [-0.4, -0.2) is 22.6 Å². The Balaban J connectivity index is 1.94. The molecule has 5 nitrogen and oxygen atoms in total. The fourth-order valence-corrected chi connectivity index (χ4v) is 4.16. The fraction of sp³-hybridized carbons (Fsp3) is 0.0952. The van der Waals surface area contributed by atoms with Gasteiger partial charge in [-0.1, -0.05) is 54.1 Å². The Kier molecular flexibility index (Phi) is 4.98. The number of hydrogen-bond donors (Lipinski definition) is 0. The van der Waals surface area contributed by atoms with Crippen LogP contribution in [0.25, 0.3) is 21.3 Å². The number of ether oxygens (including phenoxy) is 1. The minimum absolute atomic E-state index is 0.296. The summed E-state index contributed by atoms with van der Waals surface area (Å²) < 4.78 is 6.29. The lowest BCUT2D eigenvalue weighted by Gasteiger charge is -2.17. The maximum Gasteiger partial charge on any atom is 0.333 e. The Bertz CT molecular complexity index is 1200. The van der Waals surface area contributed by atoms with Gasteiger partial charge in [-0.25, -0.2) is 9.78 Å². The van der Waals surface area contributed by atoms with Crippen molar-refractivity contribution in [3.8, 4) is 11.1 Å². The lowest BCUT2D eigenvalue weighted by atomic mass is 10.1. The van der Waals surface area contributed by atoms with E-state index in [1.165, 1.54) is 29.3 Å². The molecule has 2 aromatic carbocycles. The van der Waals surface area contributed by atoms with Gasteiger partial charge < -0.3 is 4.74 Å². The first-order valence-electron chi connectivity index (χ1n) is 8.47. The molecule has 0 fully saturated rings. The summed E-state index contributed by atoms with van der Waals surface area (Å²) in [4.78, 5) is 30.9. The third-order valence-electron chi connectivity index (χ3n) is 4.49. The number of aromatic nitrogens is 2. The number of benzene rings is 2. The summed E-state index contributed by atoms with van der Waals surface area (Å²) in [6.07, 6.45) is 1.40. The topological polar surface area (TPSA) is 61.2 Å². The van der Waals surface area contributed by atoms with Gasteiger partial charge in [0.25, 0.3) is 5.56 Å². The van der Waals surface area contributed by atoms with Crippen LogP contribution in [0.1, 0.15) is 11.6 Å². The lowest BCUT2D eigenvalue weighted by molar-refractivity contribution is -0.143. The molecule has 0 saturated heterocycles. The SMILES string of the molecule is COC(=O)C(c1ccccc1)n1cnc2scc(-c3ccc(Cl)cc3)c2c1=O. The maximum atomic E-state index is 13.4. The van der Waals surface area contributed by atoms with E-state index in [-0.39, 0.29) is 5.56 Å². The van der Waals surface area contributed by atoms with Crippen molar-refractivity contribution in [1.29, 1.82) is 0 Å². The first-order valence-corrected chi connectivity index (χ1v) is 9.73. The van der Waals surface area contributed by atoms with Crippen LogP contribution in [0.5, 0.6) is 0 Å². The zero-order valence-corrected chi connectivity index (χ0v) is 16.4. The first kappa shape index (κ1) is 18.4. The highest BCUT2D eigenvalue weighted by molar-refractivity contribution is 7.17. The van der Waals surface area contributed by atoms with Crippen molar-refractivity contribution in [3.05, 3.63) is 87.2 Å². The molecule has 4 aromatic rings. The minimum Gasteiger partial charge on any atom is -0.467 e. The monoisotopic (exact) mass is 410 g/mol. The highest BCUT2D eigenvalue weighted by atomic mass is 35.5. The van der Waals surface area contributed by atoms with Gasteiger partial charge in [0.15, 0.2) is 6.04 Å². The van der Waals surface area contributed by atoms with Crippen LogP contribution >= 0.6 is 22.9 Å². The summed E-state index contributed by atoms with van der Waals surface area (Å²) >= 11 is 7.36. The van der Waals surface area contributed by atoms with Gasteiger partial charge in [-0.15, -0.1) is 11.3 Å². The second-order valence-corrected chi connectivity index (χ2v) is 7.42. The van der Waals surface area contributed by atoms with Crippen LogP contribution in [0.2, 0.25) is 5.02 Å². The molecule has 140 valence electrons. The highest BCUT2D eigenvalue weighted by Gasteiger charge is 2.26. The molecule has 0 amide bonds. The van der Waals surface area contributed by atoms with Crippen molar-refractivity contribution in [2.24, 2.45) is 0 Å². The summed E-state index contributed by atoms with van der Waals surface area (Å²) in [5.41, 5.74) is 1.98. The van der Waals surface area contributed by atoms with Crippen molar-refractivity contribution >= 4 is 39.1 Å². The smallest absolute Gasteiger partial charge is 0.333 e. The van der Waals surface area contributed by atoms with Crippen molar-refractivity contribution in [2.45, 2.75) is 6.04 Å². The molecule has 1 unspecified atom stereocenters. The number of fused-ring (bicyclic) bond motifs is 1. The molecule has 0 aliphatic heterocycles. The number of carbonyl (C=O) groups is 1. The second-order valence-electron chi connectivity index (χ2n) is 6.13. The van der Waals surface area contributed by atoms with Crippen LogP contribution in [0.4, 0.5) is 0 Å². The molecule has 0 aliphatic carbocycles. The van der Waals surface area contributed by atoms with Gasteiger partial charge in [-0.05, 0) is 23.3 Å². The van der Waals surface area contributed by atoms with E-state index in [2.05, 4.69) is 4.98 Å². The van der Waals surface area contributed by atoms with Gasteiger partial charge in [0.2, 0.25) is 0 Å². The summed E-state index contributed by atoms with van der Waals surface area (Å²) in [5.74, 6) is -0.530. The molecule has 4 rings (SSSR count). The predicted molar refractivity (Wildman–Crippen MR) is 111 cm³/mol. The number of halogens is 1. The third-order valence-corrected chi connectivity index (χ3v) is 5.63. The van der Waals surface area contributed by atoms with E-state index in [1.54, 1.807) is 24.3 Å². The van der Waals surface area contributed by atoms with Crippen LogP contribution in [0.15, 0.2) is 71.1 Å². The van der Waals surface area contributed by atoms with E-state index in [4.69, 9.17) is 16.3 Å². The first-order chi connectivity index (χ1) is 13.6. The van der Waals surface area contributed by atoms with E-state index in [0.717, 1.165) is 11.1 Å². The molecule has 2 aromatic heterocycles. The van der Waals surface area contributed by atoms with Gasteiger partial charge >= 0.3 is 5.97 Å². The number of hydrogen-bond acceptors (Lipinski definition) is 5. The molecule has 0 N–H and O–H groups in total. The normalized spacial score (nSPS) is 12.1. The van der Waals surface area contributed by atoms with Gasteiger partial charge in [-0.2, -0.15) is 0 Å². The van der Waals surface area contributed by atoms with E-state index in [0.29, 0.717) is 20.8 Å². The average molecular weight is 411 g/mol. The van der Waals surface area contributed by atoms with Crippen molar-refractivity contribution in [3.63, 3.8) is 0 Å². The molecule has 28 heavy (non-hydrogen) atoms. The molecule has 0 bridgehead atoms. The molecule has 7 heteroatoms. The Morgan fingerprint density at radius 1 is 1.14 bits per heavy atom. The zero-order valence-electron chi connectivity index (χ0n) is 14.8. The van der Waals surface area contributed by atoms with Gasteiger partial charge in [0.1, 0.15) is 11.2 Å². The van der Waals surface area contributed by atoms with E-state index in [9.17, 15) is 9.59 Å². The summed E-state index contributed by atoms with van der Waals surface area (Å²) in [7, 11) is 1.30. The highest BCUT2D eigenvalue weighted by Crippen LogP contribution is 2.32.